The number of hydrogen-bond acceptors (Lipinski definition) is 6. The SMILES string of the molecule is Cc1nnc(N2CCN(C(=O)COc3ccc(Cl)cc3Cl)CC2)s1. The second-order valence-corrected chi connectivity index (χ2v) is 7.34. The number of piperazine rings is 1. The molecule has 9 heteroatoms. The van der Waals surface area contributed by atoms with Crippen molar-refractivity contribution in [3.8, 4) is 5.75 Å². The van der Waals surface area contributed by atoms with Gasteiger partial charge >= 0.3 is 0 Å². The molecule has 0 unspecified atom stereocenters. The lowest BCUT2D eigenvalue weighted by Gasteiger charge is -2.34. The van der Waals surface area contributed by atoms with Crippen molar-refractivity contribution in [2.45, 2.75) is 6.92 Å². The van der Waals surface area contributed by atoms with Gasteiger partial charge in [-0.3, -0.25) is 4.79 Å². The van der Waals surface area contributed by atoms with E-state index in [0.29, 0.717) is 28.9 Å². The predicted octanol–water partition coefficient (Wildman–Crippen LogP) is 2.88. The summed E-state index contributed by atoms with van der Waals surface area (Å²) in [6.45, 7) is 4.63. The third-order valence-corrected chi connectivity index (χ3v) is 5.09. The lowest BCUT2D eigenvalue weighted by molar-refractivity contribution is -0.133. The van der Waals surface area contributed by atoms with Crippen LogP contribution in [0.25, 0.3) is 0 Å². The van der Waals surface area contributed by atoms with Gasteiger partial charge in [-0.05, 0) is 25.1 Å². The highest BCUT2D eigenvalue weighted by Crippen LogP contribution is 2.27. The van der Waals surface area contributed by atoms with Gasteiger partial charge in [0.05, 0.1) is 5.02 Å². The van der Waals surface area contributed by atoms with Crippen LogP contribution in [0.1, 0.15) is 5.01 Å². The molecule has 0 spiro atoms. The lowest BCUT2D eigenvalue weighted by Crippen LogP contribution is -2.50. The summed E-state index contributed by atoms with van der Waals surface area (Å²) in [6, 6.07) is 4.93. The molecule has 1 aliphatic heterocycles. The van der Waals surface area contributed by atoms with Gasteiger partial charge in [0.2, 0.25) is 5.13 Å². The van der Waals surface area contributed by atoms with Crippen LogP contribution in [0.5, 0.6) is 5.75 Å². The van der Waals surface area contributed by atoms with Crippen LogP contribution in [-0.4, -0.2) is 53.8 Å². The summed E-state index contributed by atoms with van der Waals surface area (Å²) in [4.78, 5) is 16.2. The third kappa shape index (κ3) is 4.09. The predicted molar refractivity (Wildman–Crippen MR) is 95.4 cm³/mol. The van der Waals surface area contributed by atoms with Crippen molar-refractivity contribution in [2.24, 2.45) is 0 Å². The average Bonchev–Trinajstić information content (AvgIpc) is 3.00. The molecule has 1 aromatic carbocycles. The number of halogens is 2. The molecule has 1 amide bonds. The maximum absolute atomic E-state index is 12.3. The zero-order valence-corrected chi connectivity index (χ0v) is 15.4. The fourth-order valence-electron chi connectivity index (χ4n) is 2.38. The summed E-state index contributed by atoms with van der Waals surface area (Å²) in [5.41, 5.74) is 0. The van der Waals surface area contributed by atoms with Crippen LogP contribution >= 0.6 is 34.5 Å². The number of aryl methyl sites for hydroxylation is 1. The van der Waals surface area contributed by atoms with Crippen LogP contribution in [0, 0.1) is 6.92 Å². The van der Waals surface area contributed by atoms with Crippen molar-refractivity contribution in [3.63, 3.8) is 0 Å². The van der Waals surface area contributed by atoms with Crippen LogP contribution in [0.4, 0.5) is 5.13 Å². The van der Waals surface area contributed by atoms with Gasteiger partial charge in [-0.2, -0.15) is 0 Å². The maximum atomic E-state index is 12.3. The molecular weight excluding hydrogens is 371 g/mol. The number of rotatable bonds is 4. The number of carbonyl (C=O) groups is 1. The van der Waals surface area contributed by atoms with E-state index in [-0.39, 0.29) is 12.5 Å². The summed E-state index contributed by atoms with van der Waals surface area (Å²) in [5.74, 6) is 0.395. The molecule has 0 N–H and O–H groups in total. The Morgan fingerprint density at radius 1 is 1.25 bits per heavy atom. The number of carbonyl (C=O) groups excluding carboxylic acids is 1. The Morgan fingerprint density at radius 3 is 2.62 bits per heavy atom. The summed E-state index contributed by atoms with van der Waals surface area (Å²) < 4.78 is 5.51. The topological polar surface area (TPSA) is 58.6 Å². The largest absolute Gasteiger partial charge is 0.482 e. The summed E-state index contributed by atoms with van der Waals surface area (Å²) in [7, 11) is 0. The number of amides is 1. The Labute approximate surface area is 153 Å². The lowest BCUT2D eigenvalue weighted by atomic mass is 10.3. The van der Waals surface area contributed by atoms with Crippen molar-refractivity contribution < 1.29 is 9.53 Å². The van der Waals surface area contributed by atoms with E-state index in [0.717, 1.165) is 23.2 Å². The minimum Gasteiger partial charge on any atom is -0.482 e. The molecule has 2 heterocycles. The molecule has 24 heavy (non-hydrogen) atoms. The van der Waals surface area contributed by atoms with Crippen LogP contribution in [0.2, 0.25) is 10.0 Å². The standard InChI is InChI=1S/C15H16Cl2N4O2S/c1-10-18-19-15(24-10)21-6-4-20(5-7-21)14(22)9-23-13-3-2-11(16)8-12(13)17/h2-3,8H,4-7,9H2,1H3. The van der Waals surface area contributed by atoms with Crippen LogP contribution in [0.3, 0.4) is 0 Å². The van der Waals surface area contributed by atoms with Gasteiger partial charge in [0.25, 0.3) is 5.91 Å². The first-order valence-corrected chi connectivity index (χ1v) is 9.01. The van der Waals surface area contributed by atoms with E-state index < -0.39 is 0 Å². The van der Waals surface area contributed by atoms with Crippen LogP contribution in [0.15, 0.2) is 18.2 Å². The van der Waals surface area contributed by atoms with E-state index in [4.69, 9.17) is 27.9 Å². The number of anilines is 1. The molecule has 128 valence electrons. The molecule has 0 atom stereocenters. The van der Waals surface area contributed by atoms with Gasteiger partial charge in [-0.15, -0.1) is 10.2 Å². The molecule has 0 radical (unpaired) electrons. The highest BCUT2D eigenvalue weighted by molar-refractivity contribution is 7.15. The molecule has 0 bridgehead atoms. The average molecular weight is 387 g/mol. The van der Waals surface area contributed by atoms with E-state index >= 15 is 0 Å². The quantitative estimate of drug-likeness (QED) is 0.808. The molecule has 2 aromatic rings. The molecular formula is C15H16Cl2N4O2S. The van der Waals surface area contributed by atoms with E-state index in [9.17, 15) is 4.79 Å². The van der Waals surface area contributed by atoms with Crippen molar-refractivity contribution in [1.29, 1.82) is 0 Å². The number of benzene rings is 1. The van der Waals surface area contributed by atoms with Crippen LogP contribution in [-0.2, 0) is 4.79 Å². The van der Waals surface area contributed by atoms with Crippen LogP contribution < -0.4 is 9.64 Å². The van der Waals surface area contributed by atoms with Gasteiger partial charge in [-0.25, -0.2) is 0 Å². The van der Waals surface area contributed by atoms with Gasteiger partial charge in [0.15, 0.2) is 6.61 Å². The number of ether oxygens (including phenoxy) is 1. The van der Waals surface area contributed by atoms with E-state index in [2.05, 4.69) is 15.1 Å². The van der Waals surface area contributed by atoms with Crippen molar-refractivity contribution in [3.05, 3.63) is 33.3 Å². The highest BCUT2D eigenvalue weighted by atomic mass is 35.5. The van der Waals surface area contributed by atoms with Crippen molar-refractivity contribution in [1.82, 2.24) is 15.1 Å². The zero-order valence-electron chi connectivity index (χ0n) is 13.0. The summed E-state index contributed by atoms with van der Waals surface area (Å²) in [5, 5.41) is 10.9. The third-order valence-electron chi connectivity index (χ3n) is 3.66. The number of aromatic nitrogens is 2. The molecule has 1 aromatic heterocycles. The Bertz CT molecular complexity index is 732. The smallest absolute Gasteiger partial charge is 0.260 e. The molecule has 1 fully saturated rings. The fourth-order valence-corrected chi connectivity index (χ4v) is 3.59. The number of nitrogens with zero attached hydrogens (tertiary/aromatic N) is 4. The van der Waals surface area contributed by atoms with E-state index in [1.165, 1.54) is 0 Å². The Balaban J connectivity index is 1.50. The second-order valence-electron chi connectivity index (χ2n) is 5.33. The first-order chi connectivity index (χ1) is 11.5. The van der Waals surface area contributed by atoms with Gasteiger partial charge in [0, 0.05) is 31.2 Å². The Hall–Kier alpha value is -1.57. The van der Waals surface area contributed by atoms with E-state index in [1.54, 1.807) is 34.4 Å². The molecule has 1 aliphatic rings. The first-order valence-electron chi connectivity index (χ1n) is 7.43. The Kier molecular flexibility index (Phi) is 5.43. The maximum Gasteiger partial charge on any atom is 0.260 e. The van der Waals surface area contributed by atoms with Crippen molar-refractivity contribution >= 4 is 45.6 Å². The number of hydrogen-bond donors (Lipinski definition) is 0. The minimum absolute atomic E-state index is 0.0424. The minimum atomic E-state index is -0.0610. The zero-order chi connectivity index (χ0) is 17.1. The fraction of sp³-hybridized carbons (Fsp3) is 0.400. The second kappa shape index (κ2) is 7.55. The molecule has 1 saturated heterocycles. The van der Waals surface area contributed by atoms with Gasteiger partial charge in [0.1, 0.15) is 10.8 Å². The molecule has 6 nitrogen and oxygen atoms in total. The van der Waals surface area contributed by atoms with Crippen molar-refractivity contribution in [2.75, 3.05) is 37.7 Å². The Morgan fingerprint density at radius 2 is 2.00 bits per heavy atom. The first kappa shape index (κ1) is 17.3. The molecule has 0 aliphatic carbocycles. The van der Waals surface area contributed by atoms with E-state index in [1.807, 2.05) is 6.92 Å². The normalized spacial score (nSPS) is 14.8. The highest BCUT2D eigenvalue weighted by Gasteiger charge is 2.23. The summed E-state index contributed by atoms with van der Waals surface area (Å²) in [6.07, 6.45) is 0. The van der Waals surface area contributed by atoms with Gasteiger partial charge < -0.3 is 14.5 Å². The van der Waals surface area contributed by atoms with Gasteiger partial charge in [-0.1, -0.05) is 34.5 Å². The summed E-state index contributed by atoms with van der Waals surface area (Å²) >= 11 is 13.4. The molecule has 3 rings (SSSR count). The molecule has 0 saturated carbocycles. The monoisotopic (exact) mass is 386 g/mol.